The number of hydrogen-bond acceptors (Lipinski definition) is 2. The average molecular weight is 260 g/mol. The van der Waals surface area contributed by atoms with Gasteiger partial charge in [-0.05, 0) is 30.5 Å². The van der Waals surface area contributed by atoms with Gasteiger partial charge in [0.05, 0.1) is 10.0 Å². The van der Waals surface area contributed by atoms with Crippen LogP contribution in [0.2, 0.25) is 10.0 Å². The molecule has 1 aliphatic rings. The highest BCUT2D eigenvalue weighted by atomic mass is 35.5. The molecule has 1 aliphatic carbocycles. The van der Waals surface area contributed by atoms with E-state index in [0.717, 1.165) is 12.8 Å². The quantitative estimate of drug-likeness (QED) is 0.875. The monoisotopic (exact) mass is 259 g/mol. The Hall–Kier alpha value is -0.770. The highest BCUT2D eigenvalue weighted by Crippen LogP contribution is 2.28. The molecule has 0 amide bonds. The first-order valence-electron chi connectivity index (χ1n) is 5.01. The van der Waals surface area contributed by atoms with Gasteiger partial charge in [-0.2, -0.15) is 0 Å². The second kappa shape index (κ2) is 4.62. The van der Waals surface area contributed by atoms with Gasteiger partial charge in [0.15, 0.2) is 0 Å². The molecule has 1 unspecified atom stereocenters. The molecule has 1 saturated carbocycles. The third-order valence-corrected chi connectivity index (χ3v) is 3.24. The zero-order chi connectivity index (χ0) is 11.7. The molecule has 0 bridgehead atoms. The Morgan fingerprint density at radius 2 is 2.06 bits per heavy atom. The van der Waals surface area contributed by atoms with E-state index in [-0.39, 0.29) is 0 Å². The summed E-state index contributed by atoms with van der Waals surface area (Å²) in [5, 5.41) is 13.0. The minimum absolute atomic E-state index is 0.315. The zero-order valence-electron chi connectivity index (χ0n) is 8.41. The number of hydrogen-bond donors (Lipinski definition) is 2. The summed E-state index contributed by atoms with van der Waals surface area (Å²) < 4.78 is 0. The van der Waals surface area contributed by atoms with Crippen molar-refractivity contribution in [2.24, 2.45) is 0 Å². The third kappa shape index (κ3) is 2.67. The van der Waals surface area contributed by atoms with Crippen molar-refractivity contribution < 1.29 is 9.90 Å². The van der Waals surface area contributed by atoms with Crippen molar-refractivity contribution in [3.05, 3.63) is 33.8 Å². The summed E-state index contributed by atoms with van der Waals surface area (Å²) in [6.07, 6.45) is 2.07. The molecule has 0 aliphatic heterocycles. The van der Waals surface area contributed by atoms with Gasteiger partial charge in [-0.15, -0.1) is 0 Å². The predicted octanol–water partition coefficient (Wildman–Crippen LogP) is 2.87. The Bertz CT molecular complexity index is 418. The fraction of sp³-hybridized carbons (Fsp3) is 0.364. The molecule has 0 aromatic heterocycles. The summed E-state index contributed by atoms with van der Waals surface area (Å²) in [6.45, 7) is 0. The van der Waals surface area contributed by atoms with Crippen molar-refractivity contribution >= 4 is 29.2 Å². The first kappa shape index (κ1) is 11.7. The van der Waals surface area contributed by atoms with E-state index in [1.54, 1.807) is 18.2 Å². The molecule has 1 fully saturated rings. The lowest BCUT2D eigenvalue weighted by Gasteiger charge is -2.14. The van der Waals surface area contributed by atoms with Crippen molar-refractivity contribution in [1.82, 2.24) is 5.32 Å². The van der Waals surface area contributed by atoms with Crippen molar-refractivity contribution in [3.63, 3.8) is 0 Å². The number of carbonyl (C=O) groups is 1. The molecule has 1 aromatic rings. The van der Waals surface area contributed by atoms with E-state index in [2.05, 4.69) is 5.32 Å². The Labute approximate surface area is 103 Å². The number of benzene rings is 1. The van der Waals surface area contributed by atoms with Crippen LogP contribution in [0.5, 0.6) is 0 Å². The lowest BCUT2D eigenvalue weighted by atomic mass is 10.1. The summed E-state index contributed by atoms with van der Waals surface area (Å²) in [6, 6.07) is 4.50. The van der Waals surface area contributed by atoms with E-state index < -0.39 is 12.0 Å². The Morgan fingerprint density at radius 3 is 2.56 bits per heavy atom. The molecule has 5 heteroatoms. The fourth-order valence-corrected chi connectivity index (χ4v) is 1.79. The summed E-state index contributed by atoms with van der Waals surface area (Å²) in [4.78, 5) is 11.1. The molecule has 0 spiro atoms. The normalized spacial score (nSPS) is 17.1. The summed E-state index contributed by atoms with van der Waals surface area (Å²) in [7, 11) is 0. The van der Waals surface area contributed by atoms with E-state index in [0.29, 0.717) is 21.7 Å². The maximum absolute atomic E-state index is 11.1. The van der Waals surface area contributed by atoms with Crippen LogP contribution in [-0.4, -0.2) is 17.1 Å². The first-order chi connectivity index (χ1) is 7.58. The molecule has 16 heavy (non-hydrogen) atoms. The van der Waals surface area contributed by atoms with Crippen molar-refractivity contribution in [3.8, 4) is 0 Å². The first-order valence-corrected chi connectivity index (χ1v) is 5.77. The minimum Gasteiger partial charge on any atom is -0.480 e. The second-order valence-corrected chi connectivity index (χ2v) is 4.70. The predicted molar refractivity (Wildman–Crippen MR) is 63.0 cm³/mol. The molecular formula is C11H11Cl2NO2. The van der Waals surface area contributed by atoms with Crippen LogP contribution in [0.4, 0.5) is 0 Å². The van der Waals surface area contributed by atoms with Gasteiger partial charge in [-0.1, -0.05) is 29.3 Å². The molecule has 1 aromatic carbocycles. The molecular weight excluding hydrogens is 249 g/mol. The van der Waals surface area contributed by atoms with E-state index >= 15 is 0 Å². The molecule has 86 valence electrons. The Kier molecular flexibility index (Phi) is 3.38. The average Bonchev–Trinajstić information content (AvgIpc) is 3.02. The third-order valence-electron chi connectivity index (χ3n) is 2.50. The lowest BCUT2D eigenvalue weighted by molar-refractivity contribution is -0.139. The summed E-state index contributed by atoms with van der Waals surface area (Å²) in [5.41, 5.74) is 0.633. The molecule has 0 heterocycles. The minimum atomic E-state index is -0.898. The van der Waals surface area contributed by atoms with Gasteiger partial charge >= 0.3 is 5.97 Å². The number of carboxylic acid groups (broad SMARTS) is 1. The number of nitrogens with one attached hydrogen (secondary N) is 1. The van der Waals surface area contributed by atoms with Crippen LogP contribution in [0.1, 0.15) is 24.4 Å². The molecule has 2 rings (SSSR count). The van der Waals surface area contributed by atoms with Crippen LogP contribution in [0.15, 0.2) is 18.2 Å². The Balaban J connectivity index is 2.22. The highest BCUT2D eigenvalue weighted by molar-refractivity contribution is 6.42. The van der Waals surface area contributed by atoms with Crippen LogP contribution in [0.3, 0.4) is 0 Å². The summed E-state index contributed by atoms with van der Waals surface area (Å²) in [5.74, 6) is -0.898. The van der Waals surface area contributed by atoms with Crippen LogP contribution in [0.25, 0.3) is 0 Å². The molecule has 1 atom stereocenters. The van der Waals surface area contributed by atoms with E-state index in [1.165, 1.54) is 0 Å². The van der Waals surface area contributed by atoms with Gasteiger partial charge in [-0.3, -0.25) is 10.1 Å². The zero-order valence-corrected chi connectivity index (χ0v) is 9.92. The topological polar surface area (TPSA) is 49.3 Å². The van der Waals surface area contributed by atoms with Gasteiger partial charge in [0.25, 0.3) is 0 Å². The number of rotatable bonds is 4. The lowest BCUT2D eigenvalue weighted by Crippen LogP contribution is -2.30. The largest absolute Gasteiger partial charge is 0.480 e. The summed E-state index contributed by atoms with van der Waals surface area (Å²) >= 11 is 11.6. The van der Waals surface area contributed by atoms with Crippen molar-refractivity contribution in [2.75, 3.05) is 0 Å². The van der Waals surface area contributed by atoms with Gasteiger partial charge in [0, 0.05) is 6.04 Å². The molecule has 0 saturated heterocycles. The van der Waals surface area contributed by atoms with Gasteiger partial charge in [0.2, 0.25) is 0 Å². The van der Waals surface area contributed by atoms with Gasteiger partial charge in [0.1, 0.15) is 6.04 Å². The molecule has 0 radical (unpaired) electrons. The van der Waals surface area contributed by atoms with Crippen LogP contribution < -0.4 is 5.32 Å². The second-order valence-electron chi connectivity index (χ2n) is 3.89. The van der Waals surface area contributed by atoms with E-state index in [4.69, 9.17) is 28.3 Å². The number of carboxylic acids is 1. The van der Waals surface area contributed by atoms with Crippen LogP contribution in [-0.2, 0) is 4.79 Å². The van der Waals surface area contributed by atoms with Crippen molar-refractivity contribution in [2.45, 2.75) is 24.9 Å². The highest BCUT2D eigenvalue weighted by Gasteiger charge is 2.29. The standard InChI is InChI=1S/C11H11Cl2NO2/c12-8-4-1-6(5-9(8)13)10(11(15)16)14-7-2-3-7/h1,4-5,7,10,14H,2-3H2,(H,15,16). The van der Waals surface area contributed by atoms with Gasteiger partial charge in [-0.25, -0.2) is 0 Å². The smallest absolute Gasteiger partial charge is 0.325 e. The van der Waals surface area contributed by atoms with E-state index in [9.17, 15) is 4.79 Å². The van der Waals surface area contributed by atoms with Crippen molar-refractivity contribution in [1.29, 1.82) is 0 Å². The van der Waals surface area contributed by atoms with Crippen LogP contribution in [0, 0.1) is 0 Å². The van der Waals surface area contributed by atoms with Gasteiger partial charge < -0.3 is 5.11 Å². The number of aliphatic carboxylic acids is 1. The molecule has 2 N–H and O–H groups in total. The van der Waals surface area contributed by atoms with Crippen LogP contribution >= 0.6 is 23.2 Å². The maximum atomic E-state index is 11.1. The maximum Gasteiger partial charge on any atom is 0.325 e. The fourth-order valence-electron chi connectivity index (χ4n) is 1.49. The molecule has 3 nitrogen and oxygen atoms in total. The SMILES string of the molecule is O=C(O)C(NC1CC1)c1ccc(Cl)c(Cl)c1. The number of halogens is 2. The Morgan fingerprint density at radius 1 is 1.38 bits per heavy atom. The van der Waals surface area contributed by atoms with E-state index in [1.807, 2.05) is 0 Å².